The number of aryl methyl sites for hydroxylation is 3. The molecule has 0 saturated heterocycles. The van der Waals surface area contributed by atoms with Crippen LogP contribution in [0, 0.1) is 0 Å². The lowest BCUT2D eigenvalue weighted by Gasteiger charge is -2.17. The van der Waals surface area contributed by atoms with Crippen molar-refractivity contribution in [3.05, 3.63) is 76.3 Å². The zero-order valence-corrected chi connectivity index (χ0v) is 21.5. The van der Waals surface area contributed by atoms with Crippen LogP contribution in [0.25, 0.3) is 0 Å². The number of carbonyl (C=O) groups is 2. The number of pyridine rings is 1. The van der Waals surface area contributed by atoms with E-state index in [2.05, 4.69) is 31.3 Å². The van der Waals surface area contributed by atoms with Crippen molar-refractivity contribution < 1.29 is 50.2 Å². The second-order valence-corrected chi connectivity index (χ2v) is 9.53. The first-order chi connectivity index (χ1) is 19.4. The Balaban J connectivity index is 1.39. The van der Waals surface area contributed by atoms with E-state index in [1.807, 2.05) is 6.07 Å². The molecule has 0 fully saturated rings. The van der Waals surface area contributed by atoms with Gasteiger partial charge in [-0.15, -0.1) is 0 Å². The molecule has 0 bridgehead atoms. The second-order valence-electron chi connectivity index (χ2n) is 9.53. The third kappa shape index (κ3) is 8.44. The molecule has 4 rings (SSSR count). The summed E-state index contributed by atoms with van der Waals surface area (Å²) in [5, 5.41) is 7.30. The molecular formula is C27H25F6N3O5. The highest BCUT2D eigenvalue weighted by Crippen LogP contribution is 2.32. The molecule has 1 unspecified atom stereocenters. The molecule has 0 aliphatic carbocycles. The van der Waals surface area contributed by atoms with Gasteiger partial charge in [-0.25, -0.2) is 24.3 Å². The first-order valence-electron chi connectivity index (χ1n) is 12.7. The number of nitrogens with one attached hydrogen (secondary N) is 1. The van der Waals surface area contributed by atoms with Crippen LogP contribution >= 0.6 is 0 Å². The van der Waals surface area contributed by atoms with Crippen molar-refractivity contribution in [1.29, 1.82) is 0 Å². The number of nitrogens with zero attached hydrogens (tertiary/aromatic N) is 2. The van der Waals surface area contributed by atoms with Gasteiger partial charge in [0.1, 0.15) is 11.6 Å². The SMILES string of the molecule is O=C(CC(Cc1cc(CCCc2ccc3c(n2)NCCC3)no1)c1ccc(C(F)(F)F)cc1)OOC(=O)C(F)(F)F. The summed E-state index contributed by atoms with van der Waals surface area (Å²) in [6, 6.07) is 9.59. The summed E-state index contributed by atoms with van der Waals surface area (Å²) in [4.78, 5) is 35.1. The van der Waals surface area contributed by atoms with Gasteiger partial charge in [0.15, 0.2) is 0 Å². The van der Waals surface area contributed by atoms with Gasteiger partial charge in [-0.3, -0.25) is 0 Å². The highest BCUT2D eigenvalue weighted by molar-refractivity contribution is 5.77. The number of fused-ring (bicyclic) bond motifs is 1. The summed E-state index contributed by atoms with van der Waals surface area (Å²) in [7, 11) is 0. The molecule has 1 aliphatic heterocycles. The molecule has 14 heteroatoms. The Morgan fingerprint density at radius 1 is 0.976 bits per heavy atom. The van der Waals surface area contributed by atoms with Crippen LogP contribution in [0.5, 0.6) is 0 Å². The molecule has 41 heavy (non-hydrogen) atoms. The molecular weight excluding hydrogens is 560 g/mol. The number of hydrogen-bond acceptors (Lipinski definition) is 8. The van der Waals surface area contributed by atoms with Crippen LogP contribution in [0.4, 0.5) is 32.2 Å². The van der Waals surface area contributed by atoms with Gasteiger partial charge in [0, 0.05) is 30.6 Å². The predicted molar refractivity (Wildman–Crippen MR) is 130 cm³/mol. The monoisotopic (exact) mass is 585 g/mol. The molecule has 8 nitrogen and oxygen atoms in total. The number of aromatic nitrogens is 2. The average molecular weight is 586 g/mol. The Morgan fingerprint density at radius 2 is 1.71 bits per heavy atom. The Hall–Kier alpha value is -4.10. The van der Waals surface area contributed by atoms with Crippen molar-refractivity contribution in [1.82, 2.24) is 10.1 Å². The molecule has 0 spiro atoms. The number of anilines is 1. The minimum atomic E-state index is -5.38. The van der Waals surface area contributed by atoms with E-state index in [-0.39, 0.29) is 12.0 Å². The van der Waals surface area contributed by atoms with Crippen molar-refractivity contribution in [2.45, 2.75) is 63.2 Å². The number of halogens is 6. The third-order valence-corrected chi connectivity index (χ3v) is 6.44. The first kappa shape index (κ1) is 29.9. The van der Waals surface area contributed by atoms with Crippen molar-refractivity contribution in [2.24, 2.45) is 0 Å². The van der Waals surface area contributed by atoms with Gasteiger partial charge in [-0.1, -0.05) is 23.4 Å². The molecule has 220 valence electrons. The molecule has 1 N–H and O–H groups in total. The van der Waals surface area contributed by atoms with Crippen molar-refractivity contribution >= 4 is 17.8 Å². The molecule has 2 aromatic heterocycles. The number of carbonyl (C=O) groups excluding carboxylic acids is 2. The maximum absolute atomic E-state index is 13.0. The lowest BCUT2D eigenvalue weighted by Crippen LogP contribution is -2.27. The minimum Gasteiger partial charge on any atom is -0.370 e. The van der Waals surface area contributed by atoms with Gasteiger partial charge in [0.25, 0.3) is 0 Å². The highest BCUT2D eigenvalue weighted by Gasteiger charge is 2.43. The van der Waals surface area contributed by atoms with E-state index in [1.165, 1.54) is 5.56 Å². The second kappa shape index (κ2) is 12.6. The van der Waals surface area contributed by atoms with Gasteiger partial charge < -0.3 is 9.84 Å². The fraction of sp³-hybridized carbons (Fsp3) is 0.407. The van der Waals surface area contributed by atoms with E-state index in [0.29, 0.717) is 30.7 Å². The lowest BCUT2D eigenvalue weighted by molar-refractivity contribution is -0.286. The maximum Gasteiger partial charge on any atom is 0.495 e. The third-order valence-electron chi connectivity index (χ3n) is 6.44. The van der Waals surface area contributed by atoms with Gasteiger partial charge in [-0.05, 0) is 61.4 Å². The number of rotatable bonds is 9. The van der Waals surface area contributed by atoms with Gasteiger partial charge in [0.05, 0.1) is 17.7 Å². The van der Waals surface area contributed by atoms with Gasteiger partial charge >= 0.3 is 24.3 Å². The molecule has 0 saturated carbocycles. The van der Waals surface area contributed by atoms with E-state index < -0.39 is 42.2 Å². The standard InChI is InChI=1S/C27H25F6N3O5/c28-26(29,30)19-9-6-16(7-10-19)18(14-23(37)40-41-25(38)27(31,32)33)13-22-15-21(36-39-22)5-1-4-20-11-8-17-3-2-12-34-24(17)35-20/h6-11,15,18H,1-5,12-14H2,(H,34,35). The topological polar surface area (TPSA) is 104 Å². The van der Waals surface area contributed by atoms with E-state index in [4.69, 9.17) is 4.52 Å². The first-order valence-corrected chi connectivity index (χ1v) is 12.7. The molecule has 1 aromatic carbocycles. The summed E-state index contributed by atoms with van der Waals surface area (Å²) in [5.41, 5.74) is 2.04. The smallest absolute Gasteiger partial charge is 0.370 e. The van der Waals surface area contributed by atoms with E-state index in [1.54, 1.807) is 6.07 Å². The minimum absolute atomic E-state index is 0.0429. The van der Waals surface area contributed by atoms with Crippen LogP contribution in [-0.4, -0.2) is 34.8 Å². The van der Waals surface area contributed by atoms with Crippen molar-refractivity contribution in [3.63, 3.8) is 0 Å². The fourth-order valence-corrected chi connectivity index (χ4v) is 4.39. The molecule has 1 atom stereocenters. The van der Waals surface area contributed by atoms with Crippen molar-refractivity contribution in [3.8, 4) is 0 Å². The molecule has 3 heterocycles. The number of benzene rings is 1. The molecule has 1 aliphatic rings. The Labute approximate surface area is 229 Å². The average Bonchev–Trinajstić information content (AvgIpc) is 3.37. The van der Waals surface area contributed by atoms with Gasteiger partial charge in [-0.2, -0.15) is 26.3 Å². The summed E-state index contributed by atoms with van der Waals surface area (Å²) >= 11 is 0. The summed E-state index contributed by atoms with van der Waals surface area (Å²) in [6.07, 6.45) is -6.65. The highest BCUT2D eigenvalue weighted by atomic mass is 19.4. The van der Waals surface area contributed by atoms with Crippen LogP contribution in [0.1, 0.15) is 59.0 Å². The van der Waals surface area contributed by atoms with E-state index in [9.17, 15) is 35.9 Å². The number of alkyl halides is 6. The quantitative estimate of drug-likeness (QED) is 0.188. The number of hydrogen-bond donors (Lipinski definition) is 1. The molecule has 0 radical (unpaired) electrons. The Kier molecular flexibility index (Phi) is 9.18. The fourth-order valence-electron chi connectivity index (χ4n) is 4.39. The predicted octanol–water partition coefficient (Wildman–Crippen LogP) is 5.90. The normalized spacial score (nSPS) is 14.1. The zero-order valence-electron chi connectivity index (χ0n) is 21.5. The van der Waals surface area contributed by atoms with Gasteiger partial charge in [0.2, 0.25) is 0 Å². The summed E-state index contributed by atoms with van der Waals surface area (Å²) < 4.78 is 81.3. The largest absolute Gasteiger partial charge is 0.495 e. The van der Waals surface area contributed by atoms with Crippen LogP contribution in [0.15, 0.2) is 47.0 Å². The maximum atomic E-state index is 13.0. The van der Waals surface area contributed by atoms with Crippen LogP contribution in [-0.2, 0) is 51.2 Å². The lowest BCUT2D eigenvalue weighted by atomic mass is 9.90. The van der Waals surface area contributed by atoms with Crippen LogP contribution in [0.3, 0.4) is 0 Å². The summed E-state index contributed by atoms with van der Waals surface area (Å²) in [5.74, 6) is -3.75. The van der Waals surface area contributed by atoms with E-state index in [0.717, 1.165) is 55.2 Å². The Bertz CT molecular complexity index is 1350. The van der Waals surface area contributed by atoms with E-state index >= 15 is 0 Å². The zero-order chi connectivity index (χ0) is 29.6. The molecule has 0 amide bonds. The van der Waals surface area contributed by atoms with Crippen molar-refractivity contribution in [2.75, 3.05) is 11.9 Å². The van der Waals surface area contributed by atoms with Crippen LogP contribution in [0.2, 0.25) is 0 Å². The van der Waals surface area contributed by atoms with Crippen LogP contribution < -0.4 is 5.32 Å². The Morgan fingerprint density at radius 3 is 2.41 bits per heavy atom. The summed E-state index contributed by atoms with van der Waals surface area (Å²) in [6.45, 7) is 0.884. The molecule has 3 aromatic rings.